The van der Waals surface area contributed by atoms with Crippen molar-refractivity contribution < 1.29 is 14.3 Å². The minimum absolute atomic E-state index is 0.0555. The molecule has 26 heavy (non-hydrogen) atoms. The van der Waals surface area contributed by atoms with Gasteiger partial charge >= 0.3 is 0 Å². The van der Waals surface area contributed by atoms with Gasteiger partial charge in [-0.15, -0.1) is 5.10 Å². The molecule has 1 heterocycles. The largest absolute Gasteiger partial charge is 0.496 e. The van der Waals surface area contributed by atoms with Crippen LogP contribution in [-0.4, -0.2) is 45.5 Å². The number of nitrogens with zero attached hydrogens (tertiary/aromatic N) is 4. The van der Waals surface area contributed by atoms with Gasteiger partial charge in [0.2, 0.25) is 5.16 Å². The molecule has 0 N–H and O–H groups in total. The lowest BCUT2D eigenvalue weighted by atomic mass is 10.1. The number of methoxy groups -OCH3 is 1. The quantitative estimate of drug-likeness (QED) is 0.445. The average molecular weight is 370 g/mol. The number of rotatable bonds is 8. The van der Waals surface area contributed by atoms with E-state index in [4.69, 9.17) is 9.47 Å². The number of aromatic nitrogens is 4. The summed E-state index contributed by atoms with van der Waals surface area (Å²) in [5.74, 6) is 1.37. The van der Waals surface area contributed by atoms with E-state index in [2.05, 4.69) is 15.5 Å². The summed E-state index contributed by atoms with van der Waals surface area (Å²) in [6, 6.07) is 14.6. The molecule has 0 saturated heterocycles. The average Bonchev–Trinajstić information content (AvgIpc) is 3.15. The Bertz CT molecular complexity index is 897. The van der Waals surface area contributed by atoms with Crippen LogP contribution in [0.2, 0.25) is 0 Å². The van der Waals surface area contributed by atoms with Crippen molar-refractivity contribution >= 4 is 17.5 Å². The second-order valence-corrected chi connectivity index (χ2v) is 6.13. The molecule has 0 amide bonds. The summed E-state index contributed by atoms with van der Waals surface area (Å²) in [5, 5.41) is 12.3. The van der Waals surface area contributed by atoms with Crippen molar-refractivity contribution in [1.29, 1.82) is 0 Å². The van der Waals surface area contributed by atoms with E-state index >= 15 is 0 Å². The van der Waals surface area contributed by atoms with E-state index < -0.39 is 0 Å². The van der Waals surface area contributed by atoms with Crippen LogP contribution in [0.1, 0.15) is 17.3 Å². The molecule has 2 aromatic carbocycles. The summed E-state index contributed by atoms with van der Waals surface area (Å²) in [6.45, 7) is 2.45. The molecule has 8 heteroatoms. The summed E-state index contributed by atoms with van der Waals surface area (Å²) in [6.07, 6.45) is 0. The number of benzene rings is 2. The fourth-order valence-electron chi connectivity index (χ4n) is 2.41. The van der Waals surface area contributed by atoms with Gasteiger partial charge in [0.1, 0.15) is 17.2 Å². The van der Waals surface area contributed by atoms with Gasteiger partial charge in [0, 0.05) is 0 Å². The number of ether oxygens (including phenoxy) is 2. The van der Waals surface area contributed by atoms with Crippen molar-refractivity contribution in [2.75, 3.05) is 19.5 Å². The lowest BCUT2D eigenvalue weighted by Crippen LogP contribution is -2.07. The highest BCUT2D eigenvalue weighted by Crippen LogP contribution is 2.27. The molecule has 0 aliphatic carbocycles. The highest BCUT2D eigenvalue weighted by molar-refractivity contribution is 7.99. The number of Topliss-reactive ketones (excluding diaryl/α,β-unsaturated/α-hetero) is 1. The Morgan fingerprint density at radius 3 is 2.62 bits per heavy atom. The first-order valence-corrected chi connectivity index (χ1v) is 9.02. The highest BCUT2D eigenvalue weighted by atomic mass is 32.2. The molecule has 3 rings (SSSR count). The molecule has 0 bridgehead atoms. The van der Waals surface area contributed by atoms with E-state index in [1.165, 1.54) is 11.8 Å². The van der Waals surface area contributed by atoms with Gasteiger partial charge in [-0.3, -0.25) is 4.79 Å². The van der Waals surface area contributed by atoms with Crippen LogP contribution in [-0.2, 0) is 0 Å². The lowest BCUT2D eigenvalue weighted by molar-refractivity contribution is 0.101. The van der Waals surface area contributed by atoms with Crippen LogP contribution in [0, 0.1) is 0 Å². The Morgan fingerprint density at radius 1 is 1.12 bits per heavy atom. The molecule has 0 atom stereocenters. The third-order valence-corrected chi connectivity index (χ3v) is 4.49. The predicted octanol–water partition coefficient (Wildman–Crippen LogP) is 3.04. The number of hydrogen-bond acceptors (Lipinski definition) is 7. The first-order chi connectivity index (χ1) is 12.7. The summed E-state index contributed by atoms with van der Waals surface area (Å²) >= 11 is 1.26. The van der Waals surface area contributed by atoms with E-state index in [0.717, 1.165) is 5.69 Å². The second-order valence-electron chi connectivity index (χ2n) is 5.19. The minimum Gasteiger partial charge on any atom is -0.496 e. The first kappa shape index (κ1) is 17.9. The molecule has 7 nitrogen and oxygen atoms in total. The van der Waals surface area contributed by atoms with Crippen LogP contribution < -0.4 is 9.47 Å². The van der Waals surface area contributed by atoms with Gasteiger partial charge in [-0.1, -0.05) is 36.0 Å². The fraction of sp³-hybridized carbons (Fsp3) is 0.222. The Kier molecular flexibility index (Phi) is 5.85. The van der Waals surface area contributed by atoms with Gasteiger partial charge in [0.05, 0.1) is 25.0 Å². The predicted molar refractivity (Wildman–Crippen MR) is 98.4 cm³/mol. The SMILES string of the molecule is CCOc1ccccc1-n1nnnc1SCC(=O)c1ccccc1OC. The molecule has 0 spiro atoms. The van der Waals surface area contributed by atoms with Crippen LogP contribution in [0.4, 0.5) is 0 Å². The van der Waals surface area contributed by atoms with Gasteiger partial charge in [0.15, 0.2) is 5.78 Å². The summed E-state index contributed by atoms with van der Waals surface area (Å²) in [5.41, 5.74) is 1.27. The zero-order valence-corrected chi connectivity index (χ0v) is 15.3. The second kappa shape index (κ2) is 8.48. The molecule has 134 valence electrons. The Morgan fingerprint density at radius 2 is 1.85 bits per heavy atom. The van der Waals surface area contributed by atoms with Crippen LogP contribution >= 0.6 is 11.8 Å². The summed E-state index contributed by atoms with van der Waals surface area (Å²) in [4.78, 5) is 12.5. The van der Waals surface area contributed by atoms with Crippen LogP contribution in [0.25, 0.3) is 5.69 Å². The van der Waals surface area contributed by atoms with Gasteiger partial charge < -0.3 is 9.47 Å². The van der Waals surface area contributed by atoms with Gasteiger partial charge in [0.25, 0.3) is 0 Å². The molecule has 0 aliphatic rings. The molecule has 0 aliphatic heterocycles. The van der Waals surface area contributed by atoms with E-state index in [1.807, 2.05) is 43.3 Å². The Labute approximate surface area is 155 Å². The van der Waals surface area contributed by atoms with Crippen LogP contribution in [0.15, 0.2) is 53.7 Å². The van der Waals surface area contributed by atoms with E-state index in [0.29, 0.717) is 28.8 Å². The van der Waals surface area contributed by atoms with Crippen molar-refractivity contribution in [3.8, 4) is 17.2 Å². The zero-order valence-electron chi connectivity index (χ0n) is 14.5. The number of carbonyl (C=O) groups excluding carboxylic acids is 1. The normalized spacial score (nSPS) is 10.5. The van der Waals surface area contributed by atoms with Crippen LogP contribution in [0.5, 0.6) is 11.5 Å². The number of para-hydroxylation sites is 3. The fourth-order valence-corrected chi connectivity index (χ4v) is 3.18. The number of ketones is 1. The van der Waals surface area contributed by atoms with E-state index in [-0.39, 0.29) is 11.5 Å². The van der Waals surface area contributed by atoms with Crippen LogP contribution in [0.3, 0.4) is 0 Å². The zero-order chi connectivity index (χ0) is 18.4. The molecule has 1 aromatic heterocycles. The first-order valence-electron chi connectivity index (χ1n) is 8.04. The van der Waals surface area contributed by atoms with E-state index in [9.17, 15) is 4.79 Å². The Hall–Kier alpha value is -2.87. The highest BCUT2D eigenvalue weighted by Gasteiger charge is 2.17. The monoisotopic (exact) mass is 370 g/mol. The smallest absolute Gasteiger partial charge is 0.214 e. The van der Waals surface area contributed by atoms with Crippen molar-refractivity contribution in [2.45, 2.75) is 12.1 Å². The summed E-state index contributed by atoms with van der Waals surface area (Å²) in [7, 11) is 1.55. The number of carbonyl (C=O) groups is 1. The third kappa shape index (κ3) is 3.85. The van der Waals surface area contributed by atoms with E-state index in [1.54, 1.807) is 23.9 Å². The Balaban J connectivity index is 1.79. The molecule has 0 saturated carbocycles. The molecule has 3 aromatic rings. The van der Waals surface area contributed by atoms with Crippen molar-refractivity contribution in [3.05, 3.63) is 54.1 Å². The standard InChI is InChI=1S/C18H18N4O3S/c1-3-25-17-11-7-5-9-14(17)22-18(19-20-21-22)26-12-15(23)13-8-4-6-10-16(13)24-2/h4-11H,3,12H2,1-2H3. The van der Waals surface area contributed by atoms with Crippen molar-refractivity contribution in [1.82, 2.24) is 20.2 Å². The molecule has 0 unspecified atom stereocenters. The maximum atomic E-state index is 12.5. The molecule has 0 radical (unpaired) electrons. The lowest BCUT2D eigenvalue weighted by Gasteiger charge is -2.10. The molecular weight excluding hydrogens is 352 g/mol. The summed E-state index contributed by atoms with van der Waals surface area (Å²) < 4.78 is 12.5. The topological polar surface area (TPSA) is 79.1 Å². The number of hydrogen-bond donors (Lipinski definition) is 0. The maximum Gasteiger partial charge on any atom is 0.214 e. The van der Waals surface area contributed by atoms with Crippen molar-refractivity contribution in [3.63, 3.8) is 0 Å². The van der Waals surface area contributed by atoms with Gasteiger partial charge in [-0.05, 0) is 41.6 Å². The number of thioether (sulfide) groups is 1. The molecule has 0 fully saturated rings. The minimum atomic E-state index is -0.0555. The maximum absolute atomic E-state index is 12.5. The molecular formula is C18H18N4O3S. The van der Waals surface area contributed by atoms with Crippen molar-refractivity contribution in [2.24, 2.45) is 0 Å². The van der Waals surface area contributed by atoms with Gasteiger partial charge in [-0.25, -0.2) is 0 Å². The van der Waals surface area contributed by atoms with Gasteiger partial charge in [-0.2, -0.15) is 4.68 Å². The third-order valence-electron chi connectivity index (χ3n) is 3.57. The number of tetrazole rings is 1.